The Kier molecular flexibility index (Phi) is 4.62. The number of aromatic nitrogens is 3. The lowest BCUT2D eigenvalue weighted by Gasteiger charge is -2.37. The van der Waals surface area contributed by atoms with Crippen LogP contribution in [0, 0.1) is 5.82 Å². The molecule has 0 bridgehead atoms. The highest BCUT2D eigenvalue weighted by Gasteiger charge is 2.20. The van der Waals surface area contributed by atoms with Gasteiger partial charge >= 0.3 is 0 Å². The molecule has 4 rings (SSSR count). The van der Waals surface area contributed by atoms with Gasteiger partial charge in [0.25, 0.3) is 0 Å². The van der Waals surface area contributed by atoms with E-state index in [-0.39, 0.29) is 5.82 Å². The molecule has 0 amide bonds. The quantitative estimate of drug-likeness (QED) is 0.752. The molecule has 1 atom stereocenters. The van der Waals surface area contributed by atoms with Crippen LogP contribution in [0.5, 0.6) is 0 Å². The number of nitrogens with zero attached hydrogens (tertiary/aromatic N) is 4. The predicted octanol–water partition coefficient (Wildman–Crippen LogP) is 2.57. The predicted molar refractivity (Wildman–Crippen MR) is 101 cm³/mol. The van der Waals surface area contributed by atoms with Gasteiger partial charge in [-0.1, -0.05) is 0 Å². The maximum atomic E-state index is 14.2. The van der Waals surface area contributed by atoms with Crippen molar-refractivity contribution in [1.82, 2.24) is 20.3 Å². The van der Waals surface area contributed by atoms with Crippen molar-refractivity contribution in [3.63, 3.8) is 0 Å². The van der Waals surface area contributed by atoms with Crippen molar-refractivity contribution >= 4 is 22.4 Å². The fourth-order valence-electron chi connectivity index (χ4n) is 3.36. The molecule has 0 unspecified atom stereocenters. The lowest BCUT2D eigenvalue weighted by molar-refractivity contribution is 0.501. The van der Waals surface area contributed by atoms with Gasteiger partial charge in [-0.25, -0.2) is 9.37 Å². The SMILES string of the molecule is C[C@@H]1CNCCN1c1ccncc1NCc1cc(F)c2nccnc2c1. The molecule has 1 aliphatic heterocycles. The maximum Gasteiger partial charge on any atom is 0.151 e. The lowest BCUT2D eigenvalue weighted by atomic mass is 10.1. The van der Waals surface area contributed by atoms with Crippen molar-refractivity contribution in [3.8, 4) is 0 Å². The largest absolute Gasteiger partial charge is 0.378 e. The number of halogens is 1. The Hall–Kier alpha value is -2.80. The first-order valence-electron chi connectivity index (χ1n) is 8.77. The molecule has 3 heterocycles. The Morgan fingerprint density at radius 3 is 3.04 bits per heavy atom. The van der Waals surface area contributed by atoms with Crippen molar-refractivity contribution < 1.29 is 4.39 Å². The normalized spacial score (nSPS) is 17.5. The van der Waals surface area contributed by atoms with Crippen LogP contribution in [-0.2, 0) is 6.54 Å². The third kappa shape index (κ3) is 3.30. The smallest absolute Gasteiger partial charge is 0.151 e. The Bertz CT molecular complexity index is 915. The minimum Gasteiger partial charge on any atom is -0.378 e. The Labute approximate surface area is 151 Å². The summed E-state index contributed by atoms with van der Waals surface area (Å²) in [6.07, 6.45) is 6.70. The van der Waals surface area contributed by atoms with E-state index in [1.165, 1.54) is 12.3 Å². The summed E-state index contributed by atoms with van der Waals surface area (Å²) < 4.78 is 14.2. The number of rotatable bonds is 4. The van der Waals surface area contributed by atoms with E-state index >= 15 is 0 Å². The van der Waals surface area contributed by atoms with Crippen molar-refractivity contribution in [3.05, 3.63) is 54.4 Å². The molecular formula is C19H21FN6. The number of nitrogens with one attached hydrogen (secondary N) is 2. The highest BCUT2D eigenvalue weighted by atomic mass is 19.1. The van der Waals surface area contributed by atoms with E-state index in [9.17, 15) is 4.39 Å². The van der Waals surface area contributed by atoms with E-state index in [1.54, 1.807) is 12.4 Å². The van der Waals surface area contributed by atoms with Crippen molar-refractivity contribution in [2.24, 2.45) is 0 Å². The van der Waals surface area contributed by atoms with Gasteiger partial charge in [-0.15, -0.1) is 0 Å². The van der Waals surface area contributed by atoms with Gasteiger partial charge in [0.05, 0.1) is 23.1 Å². The van der Waals surface area contributed by atoms with Crippen LogP contribution in [0.25, 0.3) is 11.0 Å². The van der Waals surface area contributed by atoms with Crippen LogP contribution < -0.4 is 15.5 Å². The Morgan fingerprint density at radius 2 is 2.15 bits per heavy atom. The zero-order valence-electron chi connectivity index (χ0n) is 14.6. The Balaban J connectivity index is 1.57. The van der Waals surface area contributed by atoms with Crippen LogP contribution in [-0.4, -0.2) is 40.6 Å². The fourth-order valence-corrected chi connectivity index (χ4v) is 3.36. The summed E-state index contributed by atoms with van der Waals surface area (Å²) in [5, 5.41) is 6.80. The third-order valence-electron chi connectivity index (χ3n) is 4.68. The molecule has 7 heteroatoms. The van der Waals surface area contributed by atoms with Crippen LogP contribution in [0.15, 0.2) is 43.0 Å². The van der Waals surface area contributed by atoms with E-state index in [0.717, 1.165) is 36.6 Å². The van der Waals surface area contributed by atoms with Gasteiger partial charge in [-0.05, 0) is 30.7 Å². The average molecular weight is 352 g/mol. The summed E-state index contributed by atoms with van der Waals surface area (Å²) >= 11 is 0. The lowest BCUT2D eigenvalue weighted by Crippen LogP contribution is -2.50. The van der Waals surface area contributed by atoms with Gasteiger partial charge < -0.3 is 15.5 Å². The van der Waals surface area contributed by atoms with Gasteiger partial charge in [-0.2, -0.15) is 0 Å². The first-order valence-corrected chi connectivity index (χ1v) is 8.77. The first-order chi connectivity index (χ1) is 12.7. The molecule has 2 aromatic heterocycles. The molecule has 0 aliphatic carbocycles. The molecular weight excluding hydrogens is 331 g/mol. The summed E-state index contributed by atoms with van der Waals surface area (Å²) in [4.78, 5) is 14.9. The van der Waals surface area contributed by atoms with Crippen molar-refractivity contribution in [2.45, 2.75) is 19.5 Å². The van der Waals surface area contributed by atoms with E-state index in [2.05, 4.69) is 37.4 Å². The number of fused-ring (bicyclic) bond motifs is 1. The minimum atomic E-state index is -0.352. The molecule has 1 aromatic carbocycles. The van der Waals surface area contributed by atoms with Gasteiger partial charge in [0, 0.05) is 50.8 Å². The van der Waals surface area contributed by atoms with Gasteiger partial charge in [-0.3, -0.25) is 9.97 Å². The number of hydrogen-bond acceptors (Lipinski definition) is 6. The summed E-state index contributed by atoms with van der Waals surface area (Å²) in [6.45, 7) is 5.55. The summed E-state index contributed by atoms with van der Waals surface area (Å²) in [6, 6.07) is 5.80. The van der Waals surface area contributed by atoms with Gasteiger partial charge in [0.2, 0.25) is 0 Å². The van der Waals surface area contributed by atoms with Crippen LogP contribution in [0.1, 0.15) is 12.5 Å². The monoisotopic (exact) mass is 352 g/mol. The second kappa shape index (κ2) is 7.21. The summed E-state index contributed by atoms with van der Waals surface area (Å²) in [5.74, 6) is -0.352. The topological polar surface area (TPSA) is 66.0 Å². The number of hydrogen-bond donors (Lipinski definition) is 2. The number of benzene rings is 1. The zero-order chi connectivity index (χ0) is 17.9. The molecule has 1 fully saturated rings. The second-order valence-electron chi connectivity index (χ2n) is 6.49. The third-order valence-corrected chi connectivity index (χ3v) is 4.68. The van der Waals surface area contributed by atoms with Gasteiger partial charge in [0.1, 0.15) is 5.52 Å². The van der Waals surface area contributed by atoms with Crippen LogP contribution in [0.3, 0.4) is 0 Å². The van der Waals surface area contributed by atoms with Crippen molar-refractivity contribution in [1.29, 1.82) is 0 Å². The van der Waals surface area contributed by atoms with E-state index in [0.29, 0.717) is 23.6 Å². The maximum absolute atomic E-state index is 14.2. The molecule has 3 aromatic rings. The molecule has 1 saturated heterocycles. The van der Waals surface area contributed by atoms with Crippen molar-refractivity contribution in [2.75, 3.05) is 29.9 Å². The number of pyridine rings is 1. The van der Waals surface area contributed by atoms with Crippen LogP contribution in [0.2, 0.25) is 0 Å². The summed E-state index contributed by atoms with van der Waals surface area (Å²) in [7, 11) is 0. The molecule has 0 saturated carbocycles. The molecule has 6 nitrogen and oxygen atoms in total. The van der Waals surface area contributed by atoms with Crippen LogP contribution >= 0.6 is 0 Å². The van der Waals surface area contributed by atoms with Gasteiger partial charge in [0.15, 0.2) is 5.82 Å². The minimum absolute atomic E-state index is 0.299. The molecule has 0 radical (unpaired) electrons. The van der Waals surface area contributed by atoms with E-state index < -0.39 is 0 Å². The highest BCUT2D eigenvalue weighted by molar-refractivity contribution is 5.75. The fraction of sp³-hybridized carbons (Fsp3) is 0.316. The molecule has 0 spiro atoms. The second-order valence-corrected chi connectivity index (χ2v) is 6.49. The average Bonchev–Trinajstić information content (AvgIpc) is 2.67. The summed E-state index contributed by atoms with van der Waals surface area (Å²) in [5.41, 5.74) is 3.74. The number of anilines is 2. The zero-order valence-corrected chi connectivity index (χ0v) is 14.6. The van der Waals surface area contributed by atoms with Crippen LogP contribution in [0.4, 0.5) is 15.8 Å². The molecule has 26 heavy (non-hydrogen) atoms. The highest BCUT2D eigenvalue weighted by Crippen LogP contribution is 2.27. The first kappa shape index (κ1) is 16.7. The molecule has 2 N–H and O–H groups in total. The standard InChI is InChI=1S/C19H21FN6/c1-13-10-22-6-7-26(13)18-2-3-21-12-17(18)25-11-14-8-15(20)19-16(9-14)23-4-5-24-19/h2-5,8-9,12-13,22,25H,6-7,10-11H2,1H3/t13-/m1/s1. The molecule has 1 aliphatic rings. The van der Waals surface area contributed by atoms with E-state index in [4.69, 9.17) is 0 Å². The number of piperazine rings is 1. The van der Waals surface area contributed by atoms with E-state index in [1.807, 2.05) is 18.3 Å². The Morgan fingerprint density at radius 1 is 1.27 bits per heavy atom. The molecule has 134 valence electrons.